The summed E-state index contributed by atoms with van der Waals surface area (Å²) in [6, 6.07) is 15.2. The van der Waals surface area contributed by atoms with E-state index in [1.54, 1.807) is 7.11 Å². The van der Waals surface area contributed by atoms with Gasteiger partial charge in [-0.3, -0.25) is 10.1 Å². The van der Waals surface area contributed by atoms with Gasteiger partial charge in [0.25, 0.3) is 11.9 Å². The van der Waals surface area contributed by atoms with Gasteiger partial charge in [-0.15, -0.1) is 5.10 Å². The zero-order chi connectivity index (χ0) is 20.4. The number of para-hydroxylation sites is 1. The summed E-state index contributed by atoms with van der Waals surface area (Å²) in [5.41, 5.74) is 1.92. The van der Waals surface area contributed by atoms with Gasteiger partial charge in [-0.2, -0.15) is 5.21 Å². The van der Waals surface area contributed by atoms with Gasteiger partial charge in [0.2, 0.25) is 0 Å². The van der Waals surface area contributed by atoms with Crippen molar-refractivity contribution < 1.29 is 14.3 Å². The van der Waals surface area contributed by atoms with Crippen molar-refractivity contribution in [2.45, 2.75) is 20.0 Å². The topological polar surface area (TPSA) is 107 Å². The average Bonchev–Trinajstić information content (AvgIpc) is 3.34. The Kier molecular flexibility index (Phi) is 4.86. The van der Waals surface area contributed by atoms with Crippen LogP contribution in [0, 0.1) is 0 Å². The smallest absolute Gasteiger partial charge is 0.279 e. The van der Waals surface area contributed by atoms with E-state index < -0.39 is 5.91 Å². The molecular formula is C20H20N6O3. The summed E-state index contributed by atoms with van der Waals surface area (Å²) in [5.74, 6) is 0.810. The first-order valence-electron chi connectivity index (χ1n) is 9.07. The van der Waals surface area contributed by atoms with E-state index in [9.17, 15) is 4.79 Å². The van der Waals surface area contributed by atoms with Gasteiger partial charge >= 0.3 is 0 Å². The fourth-order valence-corrected chi connectivity index (χ4v) is 3.15. The SMILES string of the molecule is COc1ccc2c(OC(C)C)c(C(=O)Nc3nn[nH]n3)n(-c3ccccc3)c2c1. The maximum absolute atomic E-state index is 13.3. The molecule has 0 bridgehead atoms. The predicted molar refractivity (Wildman–Crippen MR) is 108 cm³/mol. The molecule has 0 aliphatic heterocycles. The van der Waals surface area contributed by atoms with Gasteiger partial charge in [0.1, 0.15) is 5.75 Å². The second-order valence-electron chi connectivity index (χ2n) is 6.59. The Morgan fingerprint density at radius 1 is 1.17 bits per heavy atom. The third kappa shape index (κ3) is 3.49. The number of rotatable bonds is 6. The Labute approximate surface area is 166 Å². The maximum atomic E-state index is 13.3. The largest absolute Gasteiger partial charge is 0.497 e. The van der Waals surface area contributed by atoms with Crippen molar-refractivity contribution >= 4 is 22.8 Å². The summed E-state index contributed by atoms with van der Waals surface area (Å²) in [4.78, 5) is 13.3. The number of tetrazole rings is 1. The lowest BCUT2D eigenvalue weighted by molar-refractivity contribution is 0.101. The van der Waals surface area contributed by atoms with E-state index in [1.165, 1.54) is 0 Å². The zero-order valence-corrected chi connectivity index (χ0v) is 16.2. The molecule has 9 nitrogen and oxygen atoms in total. The molecule has 0 radical (unpaired) electrons. The van der Waals surface area contributed by atoms with E-state index in [-0.39, 0.29) is 12.1 Å². The Morgan fingerprint density at radius 3 is 2.62 bits per heavy atom. The fraction of sp³-hybridized carbons (Fsp3) is 0.200. The summed E-state index contributed by atoms with van der Waals surface area (Å²) >= 11 is 0. The van der Waals surface area contributed by atoms with Gasteiger partial charge in [-0.05, 0) is 43.3 Å². The number of H-pyrrole nitrogens is 1. The van der Waals surface area contributed by atoms with Gasteiger partial charge in [0.05, 0.1) is 18.7 Å². The summed E-state index contributed by atoms with van der Waals surface area (Å²) in [7, 11) is 1.60. The van der Waals surface area contributed by atoms with E-state index in [4.69, 9.17) is 9.47 Å². The Bertz CT molecular complexity index is 1140. The van der Waals surface area contributed by atoms with E-state index >= 15 is 0 Å². The van der Waals surface area contributed by atoms with Gasteiger partial charge in [0, 0.05) is 17.1 Å². The van der Waals surface area contributed by atoms with Crippen LogP contribution in [0.2, 0.25) is 0 Å². The van der Waals surface area contributed by atoms with Crippen molar-refractivity contribution in [1.82, 2.24) is 25.2 Å². The molecule has 0 aliphatic rings. The monoisotopic (exact) mass is 392 g/mol. The van der Waals surface area contributed by atoms with Crippen LogP contribution in [0.1, 0.15) is 24.3 Å². The first-order valence-corrected chi connectivity index (χ1v) is 9.07. The number of nitrogens with zero attached hydrogens (tertiary/aromatic N) is 4. The van der Waals surface area contributed by atoms with Crippen molar-refractivity contribution in [2.75, 3.05) is 12.4 Å². The molecule has 2 aromatic carbocycles. The summed E-state index contributed by atoms with van der Waals surface area (Å²) in [6.07, 6.45) is -0.136. The summed E-state index contributed by atoms with van der Waals surface area (Å²) in [5, 5.41) is 16.9. The number of hydrogen-bond acceptors (Lipinski definition) is 6. The molecule has 9 heteroatoms. The molecule has 1 amide bonds. The number of fused-ring (bicyclic) bond motifs is 1. The molecule has 0 aliphatic carbocycles. The molecular weight excluding hydrogens is 372 g/mol. The molecule has 4 aromatic rings. The Balaban J connectivity index is 2.00. The predicted octanol–water partition coefficient (Wildman–Crippen LogP) is 3.19. The number of nitrogens with one attached hydrogen (secondary N) is 2. The van der Waals surface area contributed by atoms with Crippen LogP contribution in [0.5, 0.6) is 11.5 Å². The van der Waals surface area contributed by atoms with Crippen LogP contribution in [0.25, 0.3) is 16.6 Å². The lowest BCUT2D eigenvalue weighted by atomic mass is 10.2. The summed E-state index contributed by atoms with van der Waals surface area (Å²) < 4.78 is 13.3. The van der Waals surface area contributed by atoms with Gasteiger partial charge < -0.3 is 14.0 Å². The number of ether oxygens (including phenoxy) is 2. The second-order valence-corrected chi connectivity index (χ2v) is 6.59. The Hall–Kier alpha value is -3.88. The van der Waals surface area contributed by atoms with Crippen molar-refractivity contribution in [3.05, 3.63) is 54.2 Å². The molecule has 4 rings (SSSR count). The number of methoxy groups -OCH3 is 1. The Morgan fingerprint density at radius 2 is 1.97 bits per heavy atom. The quantitative estimate of drug-likeness (QED) is 0.522. The number of aromatic nitrogens is 5. The first-order chi connectivity index (χ1) is 14.1. The molecule has 2 heterocycles. The molecule has 2 N–H and O–H groups in total. The molecule has 0 fully saturated rings. The third-order valence-corrected chi connectivity index (χ3v) is 4.28. The van der Waals surface area contributed by atoms with E-state index in [1.807, 2.05) is 66.9 Å². The molecule has 148 valence electrons. The minimum Gasteiger partial charge on any atom is -0.497 e. The van der Waals surface area contributed by atoms with E-state index in [0.717, 1.165) is 16.6 Å². The molecule has 29 heavy (non-hydrogen) atoms. The number of benzene rings is 2. The highest BCUT2D eigenvalue weighted by atomic mass is 16.5. The highest BCUT2D eigenvalue weighted by Crippen LogP contribution is 2.38. The highest BCUT2D eigenvalue weighted by molar-refractivity contribution is 6.10. The van der Waals surface area contributed by atoms with Crippen molar-refractivity contribution in [1.29, 1.82) is 0 Å². The van der Waals surface area contributed by atoms with Crippen LogP contribution < -0.4 is 14.8 Å². The van der Waals surface area contributed by atoms with Crippen molar-refractivity contribution in [3.8, 4) is 17.2 Å². The van der Waals surface area contributed by atoms with Gasteiger partial charge in [0.15, 0.2) is 11.4 Å². The second kappa shape index (κ2) is 7.63. The lowest BCUT2D eigenvalue weighted by Crippen LogP contribution is -2.19. The molecule has 0 saturated carbocycles. The van der Waals surface area contributed by atoms with Crippen LogP contribution in [-0.4, -0.2) is 44.3 Å². The number of aromatic amines is 1. The number of carbonyl (C=O) groups excluding carboxylic acids is 1. The van der Waals surface area contributed by atoms with Crippen LogP contribution in [0.15, 0.2) is 48.5 Å². The van der Waals surface area contributed by atoms with Gasteiger partial charge in [-0.25, -0.2) is 0 Å². The maximum Gasteiger partial charge on any atom is 0.279 e. The number of hydrogen-bond donors (Lipinski definition) is 2. The number of amides is 1. The van der Waals surface area contributed by atoms with Gasteiger partial charge in [-0.1, -0.05) is 23.3 Å². The van der Waals surface area contributed by atoms with Crippen molar-refractivity contribution in [2.24, 2.45) is 0 Å². The van der Waals surface area contributed by atoms with Crippen LogP contribution >= 0.6 is 0 Å². The molecule has 0 spiro atoms. The van der Waals surface area contributed by atoms with E-state index in [2.05, 4.69) is 25.9 Å². The molecule has 0 unspecified atom stereocenters. The first kappa shape index (κ1) is 18.5. The molecule has 0 atom stereocenters. The van der Waals surface area contributed by atoms with E-state index in [0.29, 0.717) is 17.2 Å². The fourth-order valence-electron chi connectivity index (χ4n) is 3.15. The highest BCUT2D eigenvalue weighted by Gasteiger charge is 2.27. The zero-order valence-electron chi connectivity index (χ0n) is 16.2. The lowest BCUT2D eigenvalue weighted by Gasteiger charge is -2.13. The molecule has 0 saturated heterocycles. The average molecular weight is 392 g/mol. The normalized spacial score (nSPS) is 11.0. The van der Waals surface area contributed by atoms with Crippen LogP contribution in [0.4, 0.5) is 5.95 Å². The minimum absolute atomic E-state index is 0.0768. The number of carbonyl (C=O) groups is 1. The van der Waals surface area contributed by atoms with Crippen LogP contribution in [-0.2, 0) is 0 Å². The third-order valence-electron chi connectivity index (χ3n) is 4.28. The standard InChI is InChI=1S/C20H20N6O3/c1-12(2)29-18-15-10-9-14(28-3)11-16(15)26(13-7-5-4-6-8-13)17(18)19(27)21-20-22-24-25-23-20/h4-12H,1-3H3,(H2,21,22,23,24,25,27). The summed E-state index contributed by atoms with van der Waals surface area (Å²) in [6.45, 7) is 3.83. The minimum atomic E-state index is -0.416. The van der Waals surface area contributed by atoms with Crippen LogP contribution in [0.3, 0.4) is 0 Å². The molecule has 2 aromatic heterocycles. The number of anilines is 1. The van der Waals surface area contributed by atoms with Crippen molar-refractivity contribution in [3.63, 3.8) is 0 Å².